The van der Waals surface area contributed by atoms with Gasteiger partial charge in [-0.2, -0.15) is 5.10 Å². The van der Waals surface area contributed by atoms with E-state index in [-0.39, 0.29) is 17.5 Å². The summed E-state index contributed by atoms with van der Waals surface area (Å²) in [7, 11) is 1.97. The quantitative estimate of drug-likeness (QED) is 0.256. The van der Waals surface area contributed by atoms with Gasteiger partial charge in [-0.15, -0.1) is 0 Å². The smallest absolute Gasteiger partial charge is 0.407 e. The highest BCUT2D eigenvalue weighted by atomic mass is 35.5. The monoisotopic (exact) mass is 588 g/mol. The zero-order chi connectivity index (χ0) is 29.4. The molecule has 0 atom stereocenters. The first-order valence-electron chi connectivity index (χ1n) is 14.8. The average molecular weight is 589 g/mol. The summed E-state index contributed by atoms with van der Waals surface area (Å²) in [6.45, 7) is 6.90. The van der Waals surface area contributed by atoms with Crippen LogP contribution in [0.25, 0.3) is 11.3 Å². The Hall–Kier alpha value is -2.92. The van der Waals surface area contributed by atoms with Crippen molar-refractivity contribution < 1.29 is 14.3 Å². The molecule has 0 saturated heterocycles. The molecule has 0 aromatic carbocycles. The molecule has 2 fully saturated rings. The van der Waals surface area contributed by atoms with Crippen molar-refractivity contribution in [2.45, 2.75) is 96.2 Å². The van der Waals surface area contributed by atoms with E-state index in [1.54, 1.807) is 6.20 Å². The van der Waals surface area contributed by atoms with Crippen molar-refractivity contribution in [2.75, 3.05) is 25.0 Å². The Bertz CT molecular complexity index is 1170. The highest BCUT2D eigenvalue weighted by molar-refractivity contribution is 6.33. The molecule has 2 heterocycles. The second kappa shape index (κ2) is 14.3. The Morgan fingerprint density at radius 1 is 1.07 bits per heavy atom. The summed E-state index contributed by atoms with van der Waals surface area (Å²) >= 11 is 6.52. The number of halogens is 1. The van der Waals surface area contributed by atoms with E-state index >= 15 is 0 Å². The number of hydrogen-bond donors (Lipinski definition) is 4. The van der Waals surface area contributed by atoms with Crippen LogP contribution in [0.15, 0.2) is 12.4 Å². The number of amides is 2. The van der Waals surface area contributed by atoms with Gasteiger partial charge in [0.15, 0.2) is 0 Å². The Morgan fingerprint density at radius 2 is 1.80 bits per heavy atom. The van der Waals surface area contributed by atoms with Gasteiger partial charge in [0.05, 0.1) is 36.3 Å². The predicted octanol–water partition coefficient (Wildman–Crippen LogP) is 4.22. The molecule has 0 bridgehead atoms. The summed E-state index contributed by atoms with van der Waals surface area (Å²) in [6.07, 6.45) is 12.0. The normalized spacial score (nSPS) is 19.0. The van der Waals surface area contributed by atoms with Crippen LogP contribution in [0, 0.1) is 5.92 Å². The van der Waals surface area contributed by atoms with Crippen molar-refractivity contribution >= 4 is 29.5 Å². The van der Waals surface area contributed by atoms with Crippen LogP contribution in [0.2, 0.25) is 5.02 Å². The first kappa shape index (κ1) is 31.0. The molecule has 0 aliphatic heterocycles. The van der Waals surface area contributed by atoms with E-state index in [9.17, 15) is 9.59 Å². The number of aromatic nitrogens is 4. The highest BCUT2D eigenvalue weighted by Gasteiger charge is 2.27. The van der Waals surface area contributed by atoms with E-state index < -0.39 is 6.09 Å². The molecule has 12 heteroatoms. The summed E-state index contributed by atoms with van der Waals surface area (Å²) in [4.78, 5) is 33.1. The summed E-state index contributed by atoms with van der Waals surface area (Å²) < 4.78 is 7.08. The van der Waals surface area contributed by atoms with Crippen molar-refractivity contribution in [1.82, 2.24) is 35.7 Å². The Balaban J connectivity index is 1.12. The first-order chi connectivity index (χ1) is 19.6. The number of rotatable bonds is 13. The van der Waals surface area contributed by atoms with Crippen LogP contribution >= 0.6 is 11.6 Å². The van der Waals surface area contributed by atoms with Crippen molar-refractivity contribution in [3.05, 3.63) is 23.1 Å². The van der Waals surface area contributed by atoms with Gasteiger partial charge >= 0.3 is 6.09 Å². The van der Waals surface area contributed by atoms with Gasteiger partial charge in [0, 0.05) is 42.5 Å². The lowest BCUT2D eigenvalue weighted by Gasteiger charge is -2.29. The maximum absolute atomic E-state index is 12.2. The van der Waals surface area contributed by atoms with Gasteiger partial charge in [0.1, 0.15) is 0 Å². The molecule has 0 unspecified atom stereocenters. The van der Waals surface area contributed by atoms with Gasteiger partial charge in [-0.05, 0) is 84.5 Å². The highest BCUT2D eigenvalue weighted by Crippen LogP contribution is 2.37. The number of nitrogens with one attached hydrogen (secondary N) is 4. The Kier molecular flexibility index (Phi) is 10.8. The molecule has 11 nitrogen and oxygen atoms in total. The average Bonchev–Trinajstić information content (AvgIpc) is 3.67. The third-order valence-electron chi connectivity index (χ3n) is 7.45. The summed E-state index contributed by atoms with van der Waals surface area (Å²) in [5.74, 6) is 1.30. The van der Waals surface area contributed by atoms with Crippen LogP contribution in [0.4, 0.5) is 10.7 Å². The van der Waals surface area contributed by atoms with Gasteiger partial charge in [0.25, 0.3) is 0 Å². The van der Waals surface area contributed by atoms with Crippen molar-refractivity contribution in [3.8, 4) is 11.3 Å². The fourth-order valence-electron chi connectivity index (χ4n) is 5.01. The van der Waals surface area contributed by atoms with Crippen LogP contribution < -0.4 is 21.3 Å². The minimum atomic E-state index is -0.413. The molecule has 0 radical (unpaired) electrons. The molecule has 2 aromatic heterocycles. The maximum Gasteiger partial charge on any atom is 0.407 e. The molecule has 2 saturated carbocycles. The molecule has 0 spiro atoms. The lowest BCUT2D eigenvalue weighted by Crippen LogP contribution is -2.42. The van der Waals surface area contributed by atoms with Crippen LogP contribution in [0.5, 0.6) is 0 Å². The summed E-state index contributed by atoms with van der Waals surface area (Å²) in [6, 6.07) is 0.569. The first-order valence-corrected chi connectivity index (χ1v) is 15.2. The fourth-order valence-corrected chi connectivity index (χ4v) is 5.20. The number of ether oxygens (including phenoxy) is 1. The number of nitrogens with zero attached hydrogens (tertiary/aromatic N) is 4. The SMILES string of the molecule is Cn1ncc(-c2nc(NC3CCC(NCC(=O)NCCCCOC(=O)NC(C)(C)C)CC3)ncc2Cl)c1CC1CC1. The van der Waals surface area contributed by atoms with E-state index in [1.807, 2.05) is 38.7 Å². The molecule has 226 valence electrons. The van der Waals surface area contributed by atoms with E-state index in [1.165, 1.54) is 18.5 Å². The van der Waals surface area contributed by atoms with Gasteiger partial charge in [-0.1, -0.05) is 11.6 Å². The topological polar surface area (TPSA) is 135 Å². The third kappa shape index (κ3) is 10.1. The number of unbranched alkanes of at least 4 members (excludes halogenated alkanes) is 1. The second-order valence-electron chi connectivity index (χ2n) is 12.3. The molecule has 2 aliphatic carbocycles. The number of hydrogen-bond acceptors (Lipinski definition) is 8. The third-order valence-corrected chi connectivity index (χ3v) is 7.73. The zero-order valence-electron chi connectivity index (χ0n) is 24.8. The number of carbonyl (C=O) groups excluding carboxylic acids is 2. The Morgan fingerprint density at radius 3 is 2.51 bits per heavy atom. The fraction of sp³-hybridized carbons (Fsp3) is 0.690. The van der Waals surface area contributed by atoms with Crippen LogP contribution in [0.1, 0.15) is 77.8 Å². The lowest BCUT2D eigenvalue weighted by atomic mass is 9.91. The second-order valence-corrected chi connectivity index (χ2v) is 12.7. The van der Waals surface area contributed by atoms with Crippen molar-refractivity contribution in [2.24, 2.45) is 13.0 Å². The molecule has 2 amide bonds. The van der Waals surface area contributed by atoms with Crippen molar-refractivity contribution in [3.63, 3.8) is 0 Å². The molecular weight excluding hydrogens is 544 g/mol. The predicted molar refractivity (Wildman–Crippen MR) is 160 cm³/mol. The minimum absolute atomic E-state index is 0.0183. The summed E-state index contributed by atoms with van der Waals surface area (Å²) in [5, 5.41) is 17.6. The van der Waals surface area contributed by atoms with Gasteiger partial charge in [-0.3, -0.25) is 9.48 Å². The van der Waals surface area contributed by atoms with E-state index in [0.717, 1.165) is 55.7 Å². The van der Waals surface area contributed by atoms with E-state index in [4.69, 9.17) is 21.3 Å². The van der Waals surface area contributed by atoms with Crippen LogP contribution in [-0.4, -0.2) is 69.1 Å². The number of carbonyl (C=O) groups is 2. The van der Waals surface area contributed by atoms with E-state index in [2.05, 4.69) is 31.3 Å². The van der Waals surface area contributed by atoms with E-state index in [0.29, 0.717) is 43.1 Å². The molecule has 4 rings (SSSR count). The number of alkyl carbamates (subject to hydrolysis) is 1. The zero-order valence-corrected chi connectivity index (χ0v) is 25.5. The molecule has 2 aromatic rings. The lowest BCUT2D eigenvalue weighted by molar-refractivity contribution is -0.120. The molecular formula is C29H45ClN8O3. The van der Waals surface area contributed by atoms with Crippen LogP contribution in [0.3, 0.4) is 0 Å². The Labute approximate surface area is 247 Å². The largest absolute Gasteiger partial charge is 0.450 e. The van der Waals surface area contributed by atoms with Gasteiger partial charge < -0.3 is 26.0 Å². The van der Waals surface area contributed by atoms with Gasteiger partial charge in [-0.25, -0.2) is 14.8 Å². The van der Waals surface area contributed by atoms with Crippen LogP contribution in [-0.2, 0) is 23.0 Å². The minimum Gasteiger partial charge on any atom is -0.450 e. The van der Waals surface area contributed by atoms with Crippen molar-refractivity contribution in [1.29, 1.82) is 0 Å². The molecule has 4 N–H and O–H groups in total. The number of anilines is 1. The van der Waals surface area contributed by atoms with Gasteiger partial charge in [0.2, 0.25) is 11.9 Å². The standard InChI is InChI=1S/C29H45ClN8O3/c1-29(2,3)37-28(40)41-14-6-5-13-31-25(39)18-32-20-9-11-21(12-10-20)35-27-33-17-23(30)26(36-27)22-16-34-38(4)24(22)15-19-7-8-19/h16-17,19-21,32H,5-15,18H2,1-4H3,(H,31,39)(H,37,40)(H,33,35,36). The molecule has 2 aliphatic rings. The maximum atomic E-state index is 12.2. The molecule has 41 heavy (non-hydrogen) atoms. The summed E-state index contributed by atoms with van der Waals surface area (Å²) in [5.41, 5.74) is 2.57. The number of aryl methyl sites for hydroxylation is 1.